The van der Waals surface area contributed by atoms with E-state index in [9.17, 15) is 4.79 Å². The van der Waals surface area contributed by atoms with Crippen molar-refractivity contribution in [2.45, 2.75) is 33.1 Å². The summed E-state index contributed by atoms with van der Waals surface area (Å²) in [6.45, 7) is 5.68. The molecule has 3 nitrogen and oxygen atoms in total. The van der Waals surface area contributed by atoms with Crippen LogP contribution in [0.5, 0.6) is 0 Å². The molecule has 0 amide bonds. The largest absolute Gasteiger partial charge is 0.481 e. The number of rotatable bonds is 3. The van der Waals surface area contributed by atoms with Crippen LogP contribution in [0.15, 0.2) is 12.1 Å². The number of anilines is 1. The molecule has 0 aromatic heterocycles. The Labute approximate surface area is 89.9 Å². The van der Waals surface area contributed by atoms with Crippen LogP contribution in [0.4, 0.5) is 5.69 Å². The maximum Gasteiger partial charge on any atom is 0.310 e. The van der Waals surface area contributed by atoms with E-state index in [1.165, 1.54) is 0 Å². The summed E-state index contributed by atoms with van der Waals surface area (Å²) in [7, 11) is 0. The molecule has 0 spiro atoms. The first kappa shape index (κ1) is 11.6. The molecule has 1 rings (SSSR count). The van der Waals surface area contributed by atoms with Crippen LogP contribution in [0.1, 0.15) is 36.0 Å². The summed E-state index contributed by atoms with van der Waals surface area (Å²) in [5.41, 5.74) is 9.31. The molecule has 0 saturated carbocycles. The number of carbonyl (C=O) groups is 1. The molecule has 1 aromatic rings. The fourth-order valence-corrected chi connectivity index (χ4v) is 1.76. The van der Waals surface area contributed by atoms with Crippen LogP contribution in [0.25, 0.3) is 0 Å². The third kappa shape index (κ3) is 2.29. The monoisotopic (exact) mass is 207 g/mol. The molecule has 1 unspecified atom stereocenters. The third-order valence-electron chi connectivity index (χ3n) is 2.72. The van der Waals surface area contributed by atoms with Crippen LogP contribution < -0.4 is 5.73 Å². The number of nitrogens with two attached hydrogens (primary N) is 1. The number of hydrogen-bond donors (Lipinski definition) is 2. The molecule has 0 aliphatic heterocycles. The van der Waals surface area contributed by atoms with E-state index in [-0.39, 0.29) is 0 Å². The minimum atomic E-state index is -0.777. The van der Waals surface area contributed by atoms with Crippen LogP contribution in [0.3, 0.4) is 0 Å². The van der Waals surface area contributed by atoms with Gasteiger partial charge in [0.2, 0.25) is 0 Å². The summed E-state index contributed by atoms with van der Waals surface area (Å²) in [4.78, 5) is 11.0. The molecule has 82 valence electrons. The van der Waals surface area contributed by atoms with Gasteiger partial charge >= 0.3 is 5.97 Å². The van der Waals surface area contributed by atoms with Crippen molar-refractivity contribution >= 4 is 11.7 Å². The van der Waals surface area contributed by atoms with Gasteiger partial charge in [-0.05, 0) is 37.0 Å². The van der Waals surface area contributed by atoms with Crippen LogP contribution in [-0.2, 0) is 4.79 Å². The maximum absolute atomic E-state index is 11.0. The van der Waals surface area contributed by atoms with Crippen LogP contribution >= 0.6 is 0 Å². The number of carboxylic acids is 1. The van der Waals surface area contributed by atoms with Gasteiger partial charge in [-0.15, -0.1) is 0 Å². The topological polar surface area (TPSA) is 63.3 Å². The number of hydrogen-bond acceptors (Lipinski definition) is 2. The molecule has 0 fully saturated rings. The molecule has 3 N–H and O–H groups in total. The normalized spacial score (nSPS) is 12.5. The van der Waals surface area contributed by atoms with E-state index in [1.807, 2.05) is 32.9 Å². The summed E-state index contributed by atoms with van der Waals surface area (Å²) in [5, 5.41) is 9.05. The molecule has 1 aromatic carbocycles. The van der Waals surface area contributed by atoms with Gasteiger partial charge in [0.25, 0.3) is 0 Å². The molecule has 3 heteroatoms. The average molecular weight is 207 g/mol. The van der Waals surface area contributed by atoms with E-state index in [4.69, 9.17) is 10.8 Å². The highest BCUT2D eigenvalue weighted by Gasteiger charge is 2.18. The summed E-state index contributed by atoms with van der Waals surface area (Å²) >= 11 is 0. The summed E-state index contributed by atoms with van der Waals surface area (Å²) in [6, 6.07) is 3.73. The lowest BCUT2D eigenvalue weighted by Crippen LogP contribution is -2.11. The van der Waals surface area contributed by atoms with Gasteiger partial charge in [-0.25, -0.2) is 0 Å². The molecule has 0 heterocycles. The quantitative estimate of drug-likeness (QED) is 0.748. The standard InChI is InChI=1S/C12H17NO2/c1-4-10(12(14)15)9-5-7(2)11(13)8(3)6-9/h5-6,10H,4,13H2,1-3H3,(H,14,15). The van der Waals surface area contributed by atoms with Crippen molar-refractivity contribution in [1.29, 1.82) is 0 Å². The average Bonchev–Trinajstić information content (AvgIpc) is 2.14. The molecular formula is C12H17NO2. The number of aryl methyl sites for hydroxylation is 2. The zero-order valence-corrected chi connectivity index (χ0v) is 9.37. The second-order valence-corrected chi connectivity index (χ2v) is 3.87. The predicted molar refractivity (Wildman–Crippen MR) is 61.0 cm³/mol. The van der Waals surface area contributed by atoms with E-state index in [2.05, 4.69) is 0 Å². The Morgan fingerprint density at radius 2 is 1.87 bits per heavy atom. The first-order chi connectivity index (χ1) is 6.97. The Morgan fingerprint density at radius 1 is 1.40 bits per heavy atom. The Hall–Kier alpha value is -1.51. The van der Waals surface area contributed by atoms with Gasteiger partial charge in [-0.1, -0.05) is 19.1 Å². The van der Waals surface area contributed by atoms with Gasteiger partial charge in [-0.2, -0.15) is 0 Å². The van der Waals surface area contributed by atoms with Crippen LogP contribution in [-0.4, -0.2) is 11.1 Å². The van der Waals surface area contributed by atoms with E-state index in [0.29, 0.717) is 6.42 Å². The molecule has 0 radical (unpaired) electrons. The number of benzene rings is 1. The predicted octanol–water partition coefficient (Wildman–Crippen LogP) is 2.46. The zero-order valence-electron chi connectivity index (χ0n) is 9.37. The number of aliphatic carboxylic acids is 1. The SMILES string of the molecule is CCC(C(=O)O)c1cc(C)c(N)c(C)c1. The minimum Gasteiger partial charge on any atom is -0.481 e. The van der Waals surface area contributed by atoms with Gasteiger partial charge in [-0.3, -0.25) is 4.79 Å². The maximum atomic E-state index is 11.0. The molecule has 1 atom stereocenters. The first-order valence-corrected chi connectivity index (χ1v) is 5.06. The number of nitrogen functional groups attached to an aromatic ring is 1. The lowest BCUT2D eigenvalue weighted by molar-refractivity contribution is -0.138. The molecule has 0 aliphatic carbocycles. The van der Waals surface area contributed by atoms with Crippen molar-refractivity contribution in [2.24, 2.45) is 0 Å². The van der Waals surface area contributed by atoms with Crippen molar-refractivity contribution in [2.75, 3.05) is 5.73 Å². The Morgan fingerprint density at radius 3 is 2.20 bits per heavy atom. The third-order valence-corrected chi connectivity index (χ3v) is 2.72. The summed E-state index contributed by atoms with van der Waals surface area (Å²) < 4.78 is 0. The molecule has 0 aliphatic rings. The lowest BCUT2D eigenvalue weighted by atomic mass is 9.93. The van der Waals surface area contributed by atoms with Gasteiger partial charge in [0.15, 0.2) is 0 Å². The van der Waals surface area contributed by atoms with Crippen molar-refractivity contribution in [3.05, 3.63) is 28.8 Å². The molecular weight excluding hydrogens is 190 g/mol. The van der Waals surface area contributed by atoms with E-state index >= 15 is 0 Å². The highest BCUT2D eigenvalue weighted by atomic mass is 16.4. The number of carboxylic acid groups (broad SMARTS) is 1. The van der Waals surface area contributed by atoms with E-state index in [1.54, 1.807) is 0 Å². The Kier molecular flexibility index (Phi) is 3.35. The van der Waals surface area contributed by atoms with Gasteiger partial charge in [0, 0.05) is 5.69 Å². The lowest BCUT2D eigenvalue weighted by Gasteiger charge is -2.14. The summed E-state index contributed by atoms with van der Waals surface area (Å²) in [6.07, 6.45) is 0.595. The van der Waals surface area contributed by atoms with E-state index in [0.717, 1.165) is 22.4 Å². The van der Waals surface area contributed by atoms with Crippen LogP contribution in [0, 0.1) is 13.8 Å². The zero-order chi connectivity index (χ0) is 11.6. The summed E-state index contributed by atoms with van der Waals surface area (Å²) in [5.74, 6) is -1.20. The van der Waals surface area contributed by atoms with Crippen molar-refractivity contribution in [3.63, 3.8) is 0 Å². The smallest absolute Gasteiger partial charge is 0.310 e. The second-order valence-electron chi connectivity index (χ2n) is 3.87. The fraction of sp³-hybridized carbons (Fsp3) is 0.417. The van der Waals surface area contributed by atoms with Crippen molar-refractivity contribution in [3.8, 4) is 0 Å². The fourth-order valence-electron chi connectivity index (χ4n) is 1.76. The molecule has 0 saturated heterocycles. The van der Waals surface area contributed by atoms with E-state index < -0.39 is 11.9 Å². The Balaban J connectivity index is 3.20. The van der Waals surface area contributed by atoms with Gasteiger partial charge in [0.05, 0.1) is 5.92 Å². The minimum absolute atomic E-state index is 0.428. The molecule has 15 heavy (non-hydrogen) atoms. The van der Waals surface area contributed by atoms with Gasteiger partial charge < -0.3 is 10.8 Å². The van der Waals surface area contributed by atoms with Crippen molar-refractivity contribution < 1.29 is 9.90 Å². The Bertz CT molecular complexity index is 362. The molecule has 0 bridgehead atoms. The highest BCUT2D eigenvalue weighted by Crippen LogP contribution is 2.26. The van der Waals surface area contributed by atoms with Crippen LogP contribution in [0.2, 0.25) is 0 Å². The first-order valence-electron chi connectivity index (χ1n) is 5.06. The van der Waals surface area contributed by atoms with Gasteiger partial charge in [0.1, 0.15) is 0 Å². The van der Waals surface area contributed by atoms with Crippen molar-refractivity contribution in [1.82, 2.24) is 0 Å². The highest BCUT2D eigenvalue weighted by molar-refractivity contribution is 5.76. The second kappa shape index (κ2) is 4.34.